The van der Waals surface area contributed by atoms with Crippen LogP contribution in [0.5, 0.6) is 5.75 Å². The fourth-order valence-electron chi connectivity index (χ4n) is 1.60. The van der Waals surface area contributed by atoms with Crippen molar-refractivity contribution in [2.45, 2.75) is 31.9 Å². The number of hydrogen-bond donors (Lipinski definition) is 1. The SMILES string of the molecule is FC(F)(F)CCCCNCCCOc1ccccc1. The second-order valence-electron chi connectivity index (χ2n) is 4.34. The highest BCUT2D eigenvalue weighted by atomic mass is 19.4. The number of rotatable bonds is 9. The van der Waals surface area contributed by atoms with Crippen molar-refractivity contribution < 1.29 is 17.9 Å². The van der Waals surface area contributed by atoms with Crippen molar-refractivity contribution in [1.29, 1.82) is 0 Å². The molecule has 0 radical (unpaired) electrons. The van der Waals surface area contributed by atoms with Gasteiger partial charge in [0.1, 0.15) is 5.75 Å². The molecular weight excluding hydrogens is 255 g/mol. The number of para-hydroxylation sites is 1. The van der Waals surface area contributed by atoms with E-state index in [4.69, 9.17) is 4.74 Å². The predicted molar refractivity (Wildman–Crippen MR) is 69.3 cm³/mol. The summed E-state index contributed by atoms with van der Waals surface area (Å²) in [6.07, 6.45) is -3.13. The molecule has 19 heavy (non-hydrogen) atoms. The average molecular weight is 275 g/mol. The van der Waals surface area contributed by atoms with Crippen molar-refractivity contribution in [3.05, 3.63) is 30.3 Å². The Bertz CT molecular complexity index is 327. The quantitative estimate of drug-likeness (QED) is 0.692. The van der Waals surface area contributed by atoms with Gasteiger partial charge in [0, 0.05) is 6.42 Å². The molecule has 0 atom stereocenters. The number of nitrogens with one attached hydrogen (secondary N) is 1. The van der Waals surface area contributed by atoms with Gasteiger partial charge in [-0.15, -0.1) is 0 Å². The van der Waals surface area contributed by atoms with Crippen LogP contribution in [0, 0.1) is 0 Å². The first-order valence-corrected chi connectivity index (χ1v) is 6.53. The Hall–Kier alpha value is -1.23. The highest BCUT2D eigenvalue weighted by Gasteiger charge is 2.25. The van der Waals surface area contributed by atoms with Gasteiger partial charge in [-0.2, -0.15) is 13.2 Å². The molecule has 0 heterocycles. The van der Waals surface area contributed by atoms with Crippen molar-refractivity contribution in [3.63, 3.8) is 0 Å². The van der Waals surface area contributed by atoms with E-state index in [9.17, 15) is 13.2 Å². The number of halogens is 3. The molecular formula is C14H20F3NO. The molecule has 0 spiro atoms. The Kier molecular flexibility index (Phi) is 7.33. The standard InChI is InChI=1S/C14H20F3NO/c15-14(16,17)9-4-5-10-18-11-6-12-19-13-7-2-1-3-8-13/h1-3,7-8,18H,4-6,9-12H2. The third-order valence-electron chi connectivity index (χ3n) is 2.57. The molecule has 0 aromatic heterocycles. The number of ether oxygens (including phenoxy) is 1. The van der Waals surface area contributed by atoms with Crippen molar-refractivity contribution >= 4 is 0 Å². The Morgan fingerprint density at radius 2 is 1.63 bits per heavy atom. The highest BCUT2D eigenvalue weighted by Crippen LogP contribution is 2.21. The van der Waals surface area contributed by atoms with E-state index < -0.39 is 12.6 Å². The number of alkyl halides is 3. The highest BCUT2D eigenvalue weighted by molar-refractivity contribution is 5.20. The van der Waals surface area contributed by atoms with E-state index in [2.05, 4.69) is 5.32 Å². The maximum absolute atomic E-state index is 11.9. The molecule has 1 aromatic carbocycles. The van der Waals surface area contributed by atoms with Crippen LogP contribution in [0.25, 0.3) is 0 Å². The summed E-state index contributed by atoms with van der Waals surface area (Å²) in [7, 11) is 0. The Morgan fingerprint density at radius 3 is 2.32 bits per heavy atom. The van der Waals surface area contributed by atoms with Gasteiger partial charge in [0.2, 0.25) is 0 Å². The lowest BCUT2D eigenvalue weighted by molar-refractivity contribution is -0.135. The molecule has 108 valence electrons. The molecule has 0 aliphatic carbocycles. The molecule has 1 N–H and O–H groups in total. The molecule has 1 aromatic rings. The zero-order valence-corrected chi connectivity index (χ0v) is 10.9. The minimum Gasteiger partial charge on any atom is -0.494 e. The normalized spacial score (nSPS) is 11.5. The van der Waals surface area contributed by atoms with Gasteiger partial charge in [-0.3, -0.25) is 0 Å². The van der Waals surface area contributed by atoms with Gasteiger partial charge in [0.25, 0.3) is 0 Å². The fraction of sp³-hybridized carbons (Fsp3) is 0.571. The molecule has 0 aliphatic rings. The fourth-order valence-corrected chi connectivity index (χ4v) is 1.60. The zero-order chi connectivity index (χ0) is 14.0. The third-order valence-corrected chi connectivity index (χ3v) is 2.57. The summed E-state index contributed by atoms with van der Waals surface area (Å²) in [5.74, 6) is 0.840. The summed E-state index contributed by atoms with van der Waals surface area (Å²) in [5.41, 5.74) is 0. The van der Waals surface area contributed by atoms with Gasteiger partial charge in [-0.25, -0.2) is 0 Å². The summed E-state index contributed by atoms with van der Waals surface area (Å²) in [5, 5.41) is 3.11. The number of benzene rings is 1. The van der Waals surface area contributed by atoms with Crippen LogP contribution in [0.4, 0.5) is 13.2 Å². The maximum Gasteiger partial charge on any atom is 0.389 e. The monoisotopic (exact) mass is 275 g/mol. The lowest BCUT2D eigenvalue weighted by Crippen LogP contribution is -2.19. The third kappa shape index (κ3) is 9.36. The van der Waals surface area contributed by atoms with Crippen molar-refractivity contribution in [2.75, 3.05) is 19.7 Å². The first-order valence-electron chi connectivity index (χ1n) is 6.53. The Balaban J connectivity index is 1.87. The lowest BCUT2D eigenvalue weighted by atomic mass is 10.2. The van der Waals surface area contributed by atoms with Crippen LogP contribution in [0.15, 0.2) is 30.3 Å². The summed E-state index contributed by atoms with van der Waals surface area (Å²) in [6.45, 7) is 2.00. The molecule has 0 saturated carbocycles. The smallest absolute Gasteiger partial charge is 0.389 e. The van der Waals surface area contributed by atoms with Gasteiger partial charge in [0.15, 0.2) is 0 Å². The van der Waals surface area contributed by atoms with Crippen LogP contribution in [0.1, 0.15) is 25.7 Å². The minimum atomic E-state index is -4.02. The van der Waals surface area contributed by atoms with Crippen molar-refractivity contribution in [2.24, 2.45) is 0 Å². The van der Waals surface area contributed by atoms with E-state index in [0.717, 1.165) is 18.7 Å². The van der Waals surface area contributed by atoms with Gasteiger partial charge in [-0.05, 0) is 44.5 Å². The molecule has 0 amide bonds. The maximum atomic E-state index is 11.9. The molecule has 0 bridgehead atoms. The first kappa shape index (κ1) is 15.8. The molecule has 5 heteroatoms. The molecule has 1 rings (SSSR count). The summed E-state index contributed by atoms with van der Waals surface area (Å²) in [6, 6.07) is 9.53. The van der Waals surface area contributed by atoms with Crippen molar-refractivity contribution in [3.8, 4) is 5.75 Å². The van der Waals surface area contributed by atoms with E-state index in [-0.39, 0.29) is 6.42 Å². The van der Waals surface area contributed by atoms with E-state index in [1.807, 2.05) is 30.3 Å². The van der Waals surface area contributed by atoms with Crippen LogP contribution >= 0.6 is 0 Å². The van der Waals surface area contributed by atoms with Crippen LogP contribution in [-0.2, 0) is 0 Å². The summed E-state index contributed by atoms with van der Waals surface area (Å²) >= 11 is 0. The topological polar surface area (TPSA) is 21.3 Å². The second kappa shape index (κ2) is 8.80. The molecule has 0 aliphatic heterocycles. The van der Waals surface area contributed by atoms with Crippen LogP contribution < -0.4 is 10.1 Å². The minimum absolute atomic E-state index is 0.191. The van der Waals surface area contributed by atoms with Gasteiger partial charge >= 0.3 is 6.18 Å². The van der Waals surface area contributed by atoms with Crippen LogP contribution in [0.2, 0.25) is 0 Å². The van der Waals surface area contributed by atoms with Crippen molar-refractivity contribution in [1.82, 2.24) is 5.32 Å². The van der Waals surface area contributed by atoms with Gasteiger partial charge < -0.3 is 10.1 Å². The first-order chi connectivity index (χ1) is 9.08. The van der Waals surface area contributed by atoms with E-state index in [1.165, 1.54) is 0 Å². The zero-order valence-electron chi connectivity index (χ0n) is 10.9. The van der Waals surface area contributed by atoms with Crippen LogP contribution in [-0.4, -0.2) is 25.9 Å². The van der Waals surface area contributed by atoms with E-state index in [1.54, 1.807) is 0 Å². The largest absolute Gasteiger partial charge is 0.494 e. The molecule has 0 unspecified atom stereocenters. The second-order valence-corrected chi connectivity index (χ2v) is 4.34. The average Bonchev–Trinajstić information content (AvgIpc) is 2.37. The van der Waals surface area contributed by atoms with Crippen LogP contribution in [0.3, 0.4) is 0 Å². The summed E-state index contributed by atoms with van der Waals surface area (Å²) < 4.78 is 41.1. The molecule has 0 saturated heterocycles. The Morgan fingerprint density at radius 1 is 0.947 bits per heavy atom. The molecule has 2 nitrogen and oxygen atoms in total. The Labute approximate surface area is 112 Å². The van der Waals surface area contributed by atoms with Gasteiger partial charge in [-0.1, -0.05) is 18.2 Å². The number of unbranched alkanes of at least 4 members (excludes halogenated alkanes) is 1. The van der Waals surface area contributed by atoms with E-state index in [0.29, 0.717) is 19.6 Å². The predicted octanol–water partition coefficient (Wildman–Crippen LogP) is 3.78. The number of hydrogen-bond acceptors (Lipinski definition) is 2. The molecule has 0 fully saturated rings. The van der Waals surface area contributed by atoms with Gasteiger partial charge in [0.05, 0.1) is 6.61 Å². The summed E-state index contributed by atoms with van der Waals surface area (Å²) in [4.78, 5) is 0. The van der Waals surface area contributed by atoms with E-state index >= 15 is 0 Å². The lowest BCUT2D eigenvalue weighted by Gasteiger charge is -2.08.